The summed E-state index contributed by atoms with van der Waals surface area (Å²) in [5.74, 6) is 0.581. The van der Waals surface area contributed by atoms with E-state index in [0.717, 1.165) is 11.1 Å². The number of hydrogen-bond donors (Lipinski definition) is 2. The lowest BCUT2D eigenvalue weighted by Gasteiger charge is -2.18. The van der Waals surface area contributed by atoms with E-state index in [2.05, 4.69) is 23.5 Å². The van der Waals surface area contributed by atoms with Gasteiger partial charge in [-0.2, -0.15) is 5.26 Å². The van der Waals surface area contributed by atoms with Crippen LogP contribution in [0.2, 0.25) is 0 Å². The summed E-state index contributed by atoms with van der Waals surface area (Å²) >= 11 is 0. The molecule has 0 fully saturated rings. The molecular weight excluding hydrogens is 276 g/mol. The van der Waals surface area contributed by atoms with Crippen molar-refractivity contribution in [3.8, 4) is 11.8 Å². The van der Waals surface area contributed by atoms with Crippen LogP contribution in [-0.4, -0.2) is 18.3 Å². The maximum absolute atomic E-state index is 10.2. The lowest BCUT2D eigenvalue weighted by molar-refractivity contribution is 0.140. The topological polar surface area (TPSA) is 65.3 Å². The SMILES string of the molecule is COc1ccc(CN[C@@H]2c3ccccc3C[C@@H]2O)cc1C#N. The van der Waals surface area contributed by atoms with E-state index in [1.165, 1.54) is 5.56 Å². The van der Waals surface area contributed by atoms with E-state index < -0.39 is 6.10 Å². The van der Waals surface area contributed by atoms with Gasteiger partial charge < -0.3 is 15.2 Å². The Morgan fingerprint density at radius 3 is 2.91 bits per heavy atom. The first-order valence-electron chi connectivity index (χ1n) is 7.29. The predicted octanol–water partition coefficient (Wildman–Crippen LogP) is 2.31. The van der Waals surface area contributed by atoms with E-state index in [9.17, 15) is 5.11 Å². The normalized spacial score (nSPS) is 19.5. The number of rotatable bonds is 4. The summed E-state index contributed by atoms with van der Waals surface area (Å²) in [7, 11) is 1.56. The quantitative estimate of drug-likeness (QED) is 0.908. The number of benzene rings is 2. The molecule has 0 bridgehead atoms. The van der Waals surface area contributed by atoms with Gasteiger partial charge in [-0.1, -0.05) is 30.3 Å². The molecule has 0 spiro atoms. The molecule has 0 aromatic heterocycles. The van der Waals surface area contributed by atoms with Crippen molar-refractivity contribution in [1.29, 1.82) is 5.26 Å². The number of nitriles is 1. The Hall–Kier alpha value is -2.35. The predicted molar refractivity (Wildman–Crippen MR) is 83.4 cm³/mol. The molecule has 4 heteroatoms. The maximum Gasteiger partial charge on any atom is 0.136 e. The second-order valence-corrected chi connectivity index (χ2v) is 5.48. The number of nitrogens with one attached hydrogen (secondary N) is 1. The molecule has 112 valence electrons. The van der Waals surface area contributed by atoms with E-state index in [1.807, 2.05) is 24.3 Å². The summed E-state index contributed by atoms with van der Waals surface area (Å²) in [6.45, 7) is 0.592. The van der Waals surface area contributed by atoms with Crippen LogP contribution in [0.1, 0.15) is 28.3 Å². The Kier molecular flexibility index (Phi) is 4.10. The van der Waals surface area contributed by atoms with Gasteiger partial charge in [0.05, 0.1) is 24.8 Å². The average molecular weight is 294 g/mol. The van der Waals surface area contributed by atoms with Crippen molar-refractivity contribution in [2.75, 3.05) is 7.11 Å². The van der Waals surface area contributed by atoms with Crippen LogP contribution >= 0.6 is 0 Å². The minimum atomic E-state index is -0.411. The van der Waals surface area contributed by atoms with Gasteiger partial charge in [-0.15, -0.1) is 0 Å². The molecule has 0 saturated carbocycles. The van der Waals surface area contributed by atoms with Gasteiger partial charge in [-0.05, 0) is 28.8 Å². The van der Waals surface area contributed by atoms with Gasteiger partial charge in [-0.3, -0.25) is 0 Å². The molecule has 1 aliphatic carbocycles. The second-order valence-electron chi connectivity index (χ2n) is 5.48. The number of aliphatic hydroxyl groups is 1. The first kappa shape index (κ1) is 14.6. The van der Waals surface area contributed by atoms with Gasteiger partial charge >= 0.3 is 0 Å². The molecular formula is C18H18N2O2. The van der Waals surface area contributed by atoms with Crippen LogP contribution in [0.4, 0.5) is 0 Å². The third-order valence-electron chi connectivity index (χ3n) is 4.11. The Morgan fingerprint density at radius 2 is 2.14 bits per heavy atom. The molecule has 22 heavy (non-hydrogen) atoms. The Bertz CT molecular complexity index is 721. The van der Waals surface area contributed by atoms with Crippen LogP contribution in [0.15, 0.2) is 42.5 Å². The molecule has 4 nitrogen and oxygen atoms in total. The number of ether oxygens (including phenoxy) is 1. The Balaban J connectivity index is 1.75. The van der Waals surface area contributed by atoms with Crippen molar-refractivity contribution in [2.45, 2.75) is 25.1 Å². The van der Waals surface area contributed by atoms with Crippen molar-refractivity contribution in [2.24, 2.45) is 0 Å². The number of nitrogens with zero attached hydrogens (tertiary/aromatic N) is 1. The van der Waals surface area contributed by atoms with E-state index in [1.54, 1.807) is 13.2 Å². The van der Waals surface area contributed by atoms with Crippen LogP contribution in [0.5, 0.6) is 5.75 Å². The first-order chi connectivity index (χ1) is 10.7. The molecule has 2 N–H and O–H groups in total. The standard InChI is InChI=1S/C18H18N2O2/c1-22-17-7-6-12(8-14(17)10-19)11-20-18-15-5-3-2-4-13(15)9-16(18)21/h2-8,16,18,20-21H,9,11H2,1H3/t16-,18+/m0/s1. The smallest absolute Gasteiger partial charge is 0.136 e. The lowest BCUT2D eigenvalue weighted by atomic mass is 10.1. The molecule has 0 aliphatic heterocycles. The number of methoxy groups -OCH3 is 1. The van der Waals surface area contributed by atoms with Crippen LogP contribution in [-0.2, 0) is 13.0 Å². The lowest BCUT2D eigenvalue weighted by Crippen LogP contribution is -2.28. The van der Waals surface area contributed by atoms with Crippen LogP contribution < -0.4 is 10.1 Å². The highest BCUT2D eigenvalue weighted by atomic mass is 16.5. The van der Waals surface area contributed by atoms with Gasteiger partial charge in [0.15, 0.2) is 0 Å². The van der Waals surface area contributed by atoms with E-state index in [4.69, 9.17) is 10.00 Å². The van der Waals surface area contributed by atoms with Crippen LogP contribution in [0.25, 0.3) is 0 Å². The van der Waals surface area contributed by atoms with Crippen molar-refractivity contribution in [3.63, 3.8) is 0 Å². The summed E-state index contributed by atoms with van der Waals surface area (Å²) in [6, 6.07) is 15.7. The largest absolute Gasteiger partial charge is 0.495 e. The minimum Gasteiger partial charge on any atom is -0.495 e. The molecule has 0 unspecified atom stereocenters. The fourth-order valence-electron chi connectivity index (χ4n) is 3.00. The van der Waals surface area contributed by atoms with Gasteiger partial charge in [0, 0.05) is 13.0 Å². The van der Waals surface area contributed by atoms with Crippen molar-refractivity contribution in [3.05, 3.63) is 64.7 Å². The number of hydrogen-bond acceptors (Lipinski definition) is 4. The summed E-state index contributed by atoms with van der Waals surface area (Å²) < 4.78 is 5.15. The zero-order valence-corrected chi connectivity index (χ0v) is 12.4. The summed E-state index contributed by atoms with van der Waals surface area (Å²) in [4.78, 5) is 0. The highest BCUT2D eigenvalue weighted by Gasteiger charge is 2.30. The molecule has 0 radical (unpaired) electrons. The van der Waals surface area contributed by atoms with Gasteiger partial charge in [0.1, 0.15) is 11.8 Å². The molecule has 0 amide bonds. The zero-order chi connectivity index (χ0) is 15.5. The summed E-state index contributed by atoms with van der Waals surface area (Å²) in [5, 5.41) is 22.8. The minimum absolute atomic E-state index is 0.0659. The molecule has 2 aromatic carbocycles. The monoisotopic (exact) mass is 294 g/mol. The third-order valence-corrected chi connectivity index (χ3v) is 4.11. The highest BCUT2D eigenvalue weighted by molar-refractivity contribution is 5.45. The molecule has 3 rings (SSSR count). The fraction of sp³-hybridized carbons (Fsp3) is 0.278. The molecule has 0 heterocycles. The van der Waals surface area contributed by atoms with Gasteiger partial charge in [0.2, 0.25) is 0 Å². The summed E-state index contributed by atoms with van der Waals surface area (Å²) in [6.07, 6.45) is 0.269. The molecule has 2 aromatic rings. The number of fused-ring (bicyclic) bond motifs is 1. The van der Waals surface area contributed by atoms with Crippen molar-refractivity contribution in [1.82, 2.24) is 5.32 Å². The van der Waals surface area contributed by atoms with Gasteiger partial charge in [0.25, 0.3) is 0 Å². The Labute approximate surface area is 130 Å². The Morgan fingerprint density at radius 1 is 1.32 bits per heavy atom. The van der Waals surface area contributed by atoms with Crippen LogP contribution in [0.3, 0.4) is 0 Å². The van der Waals surface area contributed by atoms with E-state index >= 15 is 0 Å². The molecule has 2 atom stereocenters. The average Bonchev–Trinajstić information content (AvgIpc) is 2.87. The molecule has 1 aliphatic rings. The fourth-order valence-corrected chi connectivity index (χ4v) is 3.00. The maximum atomic E-state index is 10.2. The molecule has 0 saturated heterocycles. The summed E-state index contributed by atoms with van der Waals surface area (Å²) in [5.41, 5.74) is 3.87. The third kappa shape index (κ3) is 2.69. The van der Waals surface area contributed by atoms with E-state index in [0.29, 0.717) is 24.3 Å². The zero-order valence-electron chi connectivity index (χ0n) is 12.4. The second kappa shape index (κ2) is 6.18. The van der Waals surface area contributed by atoms with Gasteiger partial charge in [-0.25, -0.2) is 0 Å². The van der Waals surface area contributed by atoms with E-state index in [-0.39, 0.29) is 6.04 Å². The first-order valence-corrected chi connectivity index (χ1v) is 7.29. The number of aliphatic hydroxyl groups excluding tert-OH is 1. The van der Waals surface area contributed by atoms with Crippen molar-refractivity contribution >= 4 is 0 Å². The highest BCUT2D eigenvalue weighted by Crippen LogP contribution is 2.31. The van der Waals surface area contributed by atoms with Crippen LogP contribution in [0, 0.1) is 11.3 Å². The van der Waals surface area contributed by atoms with Crippen molar-refractivity contribution < 1.29 is 9.84 Å².